The normalized spacial score (nSPS) is 12.1. The third kappa shape index (κ3) is 2.53. The van der Waals surface area contributed by atoms with E-state index in [-0.39, 0.29) is 0 Å². The number of nitrogens with one attached hydrogen (secondary N) is 1. The van der Waals surface area contributed by atoms with Crippen molar-refractivity contribution in [2.75, 3.05) is 11.1 Å². The largest absolute Gasteiger partial charge is 0.397 e. The molecule has 1 aromatic carbocycles. The summed E-state index contributed by atoms with van der Waals surface area (Å²) in [5.74, 6) is -0.431. The van der Waals surface area contributed by atoms with Crippen molar-refractivity contribution in [3.8, 4) is 0 Å². The number of hydrogen-bond donors (Lipinski definition) is 3. The first-order valence-corrected chi connectivity index (χ1v) is 4.49. The maximum absolute atomic E-state index is 10.8. The summed E-state index contributed by atoms with van der Waals surface area (Å²) in [6.07, 6.45) is 0. The molecule has 0 heterocycles. The smallest absolute Gasteiger partial charge is 0.239 e. The minimum atomic E-state index is -0.460. The van der Waals surface area contributed by atoms with E-state index in [9.17, 15) is 4.79 Å². The Morgan fingerprint density at radius 3 is 2.71 bits per heavy atom. The molecule has 0 spiro atoms. The maximum atomic E-state index is 10.8. The molecular weight excluding hydrogens is 202 g/mol. The number of nitrogens with two attached hydrogens (primary N) is 2. The molecule has 14 heavy (non-hydrogen) atoms. The second-order valence-corrected chi connectivity index (χ2v) is 3.44. The van der Waals surface area contributed by atoms with Gasteiger partial charge in [-0.2, -0.15) is 0 Å². The van der Waals surface area contributed by atoms with Gasteiger partial charge in [0.15, 0.2) is 0 Å². The van der Waals surface area contributed by atoms with Gasteiger partial charge in [-0.15, -0.1) is 0 Å². The molecule has 1 atom stereocenters. The maximum Gasteiger partial charge on any atom is 0.239 e. The van der Waals surface area contributed by atoms with E-state index in [4.69, 9.17) is 23.1 Å². The Morgan fingerprint density at radius 2 is 2.21 bits per heavy atom. The lowest BCUT2D eigenvalue weighted by atomic mass is 10.2. The van der Waals surface area contributed by atoms with Crippen molar-refractivity contribution in [1.29, 1.82) is 0 Å². The Kier molecular flexibility index (Phi) is 3.19. The Morgan fingerprint density at radius 1 is 1.57 bits per heavy atom. The van der Waals surface area contributed by atoms with Crippen molar-refractivity contribution < 1.29 is 4.79 Å². The van der Waals surface area contributed by atoms with E-state index in [2.05, 4.69) is 5.32 Å². The van der Waals surface area contributed by atoms with Gasteiger partial charge in [0.25, 0.3) is 0 Å². The van der Waals surface area contributed by atoms with Crippen LogP contribution in [-0.4, -0.2) is 11.9 Å². The summed E-state index contributed by atoms with van der Waals surface area (Å²) in [6, 6.07) is 4.54. The Labute approximate surface area is 87.2 Å². The molecule has 0 saturated heterocycles. The minimum Gasteiger partial charge on any atom is -0.397 e. The van der Waals surface area contributed by atoms with Crippen LogP contribution in [0.25, 0.3) is 0 Å². The first-order chi connectivity index (χ1) is 6.50. The Balaban J connectivity index is 2.82. The van der Waals surface area contributed by atoms with Crippen LogP contribution in [0.1, 0.15) is 6.92 Å². The van der Waals surface area contributed by atoms with Crippen LogP contribution in [0.2, 0.25) is 5.02 Å². The third-order valence-electron chi connectivity index (χ3n) is 1.81. The molecule has 0 aliphatic heterocycles. The molecule has 5 heteroatoms. The van der Waals surface area contributed by atoms with Gasteiger partial charge in [0.2, 0.25) is 5.91 Å². The number of carbonyl (C=O) groups excluding carboxylic acids is 1. The van der Waals surface area contributed by atoms with Gasteiger partial charge in [0, 0.05) is 5.02 Å². The monoisotopic (exact) mass is 213 g/mol. The number of halogens is 1. The summed E-state index contributed by atoms with van der Waals surface area (Å²) in [4.78, 5) is 10.8. The highest BCUT2D eigenvalue weighted by molar-refractivity contribution is 6.31. The first-order valence-electron chi connectivity index (χ1n) is 4.11. The topological polar surface area (TPSA) is 81.1 Å². The van der Waals surface area contributed by atoms with Crippen LogP contribution in [0, 0.1) is 0 Å². The lowest BCUT2D eigenvalue weighted by molar-refractivity contribution is -0.118. The number of carbonyl (C=O) groups is 1. The summed E-state index contributed by atoms with van der Waals surface area (Å²) in [5, 5.41) is 3.43. The van der Waals surface area contributed by atoms with Crippen LogP contribution >= 0.6 is 11.6 Å². The molecule has 1 unspecified atom stereocenters. The quantitative estimate of drug-likeness (QED) is 0.660. The van der Waals surface area contributed by atoms with Crippen LogP contribution in [0.5, 0.6) is 0 Å². The molecular formula is C9H12ClN3O. The standard InChI is InChI=1S/C9H12ClN3O/c1-5(9(12)14)13-8-3-2-6(10)4-7(8)11/h2-5,13H,11H2,1H3,(H2,12,14). The van der Waals surface area contributed by atoms with Gasteiger partial charge in [-0.05, 0) is 25.1 Å². The number of amides is 1. The number of primary amides is 1. The second-order valence-electron chi connectivity index (χ2n) is 3.00. The summed E-state index contributed by atoms with van der Waals surface area (Å²) >= 11 is 5.72. The van der Waals surface area contributed by atoms with E-state index < -0.39 is 11.9 Å². The number of hydrogen-bond acceptors (Lipinski definition) is 3. The van der Waals surface area contributed by atoms with Crippen molar-refractivity contribution in [3.05, 3.63) is 23.2 Å². The second kappa shape index (κ2) is 4.19. The zero-order valence-electron chi connectivity index (χ0n) is 7.75. The third-order valence-corrected chi connectivity index (χ3v) is 2.05. The lowest BCUT2D eigenvalue weighted by Crippen LogP contribution is -2.32. The van der Waals surface area contributed by atoms with Gasteiger partial charge < -0.3 is 16.8 Å². The van der Waals surface area contributed by atoms with Crippen LogP contribution in [0.3, 0.4) is 0 Å². The number of benzene rings is 1. The number of nitrogen functional groups attached to an aromatic ring is 1. The van der Waals surface area contributed by atoms with Gasteiger partial charge in [-0.25, -0.2) is 0 Å². The highest BCUT2D eigenvalue weighted by atomic mass is 35.5. The van der Waals surface area contributed by atoms with Crippen molar-refractivity contribution in [3.63, 3.8) is 0 Å². The van der Waals surface area contributed by atoms with Crippen LogP contribution in [-0.2, 0) is 4.79 Å². The Hall–Kier alpha value is -1.42. The molecule has 1 rings (SSSR count). The molecule has 0 aromatic heterocycles. The van der Waals surface area contributed by atoms with Gasteiger partial charge >= 0.3 is 0 Å². The van der Waals surface area contributed by atoms with E-state index in [0.717, 1.165) is 0 Å². The van der Waals surface area contributed by atoms with Gasteiger partial charge in [0.1, 0.15) is 6.04 Å². The lowest BCUT2D eigenvalue weighted by Gasteiger charge is -2.13. The predicted molar refractivity (Wildman–Crippen MR) is 58.1 cm³/mol. The van der Waals surface area contributed by atoms with E-state index >= 15 is 0 Å². The van der Waals surface area contributed by atoms with Gasteiger partial charge in [-0.3, -0.25) is 4.79 Å². The highest BCUT2D eigenvalue weighted by Crippen LogP contribution is 2.22. The molecule has 1 amide bonds. The molecule has 76 valence electrons. The van der Waals surface area contributed by atoms with E-state index in [1.807, 2.05) is 0 Å². The SMILES string of the molecule is CC(Nc1ccc(Cl)cc1N)C(N)=O. The zero-order valence-corrected chi connectivity index (χ0v) is 8.51. The predicted octanol–water partition coefficient (Wildman–Crippen LogP) is 1.21. The van der Waals surface area contributed by atoms with E-state index in [1.165, 1.54) is 0 Å². The van der Waals surface area contributed by atoms with Crippen molar-refractivity contribution in [1.82, 2.24) is 0 Å². The fourth-order valence-corrected chi connectivity index (χ4v) is 1.15. The van der Waals surface area contributed by atoms with Crippen molar-refractivity contribution in [2.24, 2.45) is 5.73 Å². The summed E-state index contributed by atoms with van der Waals surface area (Å²) in [6.45, 7) is 1.66. The molecule has 0 saturated carbocycles. The van der Waals surface area contributed by atoms with Gasteiger partial charge in [0.05, 0.1) is 11.4 Å². The molecule has 0 aliphatic carbocycles. The molecule has 0 radical (unpaired) electrons. The van der Waals surface area contributed by atoms with Crippen molar-refractivity contribution >= 4 is 28.9 Å². The molecule has 4 nitrogen and oxygen atoms in total. The first kappa shape index (κ1) is 10.7. The van der Waals surface area contributed by atoms with Crippen LogP contribution < -0.4 is 16.8 Å². The molecule has 0 aliphatic rings. The Bertz CT molecular complexity index is 354. The average Bonchev–Trinajstić information content (AvgIpc) is 2.09. The summed E-state index contributed by atoms with van der Waals surface area (Å²) < 4.78 is 0. The molecule has 0 fully saturated rings. The average molecular weight is 214 g/mol. The molecule has 1 aromatic rings. The molecule has 0 bridgehead atoms. The van der Waals surface area contributed by atoms with Crippen LogP contribution in [0.4, 0.5) is 11.4 Å². The number of rotatable bonds is 3. The van der Waals surface area contributed by atoms with Gasteiger partial charge in [-0.1, -0.05) is 11.6 Å². The molecule has 5 N–H and O–H groups in total. The fraction of sp³-hybridized carbons (Fsp3) is 0.222. The summed E-state index contributed by atoms with van der Waals surface area (Å²) in [5.41, 5.74) is 11.9. The van der Waals surface area contributed by atoms with E-state index in [0.29, 0.717) is 16.4 Å². The van der Waals surface area contributed by atoms with Crippen LogP contribution in [0.15, 0.2) is 18.2 Å². The highest BCUT2D eigenvalue weighted by Gasteiger charge is 2.09. The van der Waals surface area contributed by atoms with Crippen molar-refractivity contribution in [2.45, 2.75) is 13.0 Å². The number of anilines is 2. The minimum absolute atomic E-state index is 0.431. The summed E-state index contributed by atoms with van der Waals surface area (Å²) in [7, 11) is 0. The zero-order chi connectivity index (χ0) is 10.7. The van der Waals surface area contributed by atoms with E-state index in [1.54, 1.807) is 25.1 Å². The fourth-order valence-electron chi connectivity index (χ4n) is 0.969.